The minimum absolute atomic E-state index is 0.282. The van der Waals surface area contributed by atoms with Crippen LogP contribution >= 0.6 is 0 Å². The summed E-state index contributed by atoms with van der Waals surface area (Å²) in [6, 6.07) is 19.8. The van der Waals surface area contributed by atoms with Gasteiger partial charge in [0.2, 0.25) is 5.95 Å². The van der Waals surface area contributed by atoms with Gasteiger partial charge in [-0.25, -0.2) is 14.6 Å². The number of amides is 3. The number of urea groups is 1. The normalized spacial score (nSPS) is 10.5. The molecule has 9 nitrogen and oxygen atoms in total. The Morgan fingerprint density at radius 1 is 0.909 bits per heavy atom. The molecule has 0 atom stereocenters. The van der Waals surface area contributed by atoms with Gasteiger partial charge >= 0.3 is 12.1 Å². The third kappa shape index (κ3) is 5.59. The summed E-state index contributed by atoms with van der Waals surface area (Å²) in [4.78, 5) is 30.9. The van der Waals surface area contributed by atoms with Crippen molar-refractivity contribution < 1.29 is 19.1 Å². The fourth-order valence-electron chi connectivity index (χ4n) is 3.16. The molecule has 1 heterocycles. The van der Waals surface area contributed by atoms with Crippen LogP contribution in [0.15, 0.2) is 66.7 Å². The number of H-pyrrole nitrogens is 1. The van der Waals surface area contributed by atoms with E-state index in [1.54, 1.807) is 42.5 Å². The number of imidazole rings is 1. The first-order chi connectivity index (χ1) is 16.0. The van der Waals surface area contributed by atoms with E-state index in [9.17, 15) is 9.59 Å². The Balaban J connectivity index is 1.37. The fourth-order valence-corrected chi connectivity index (χ4v) is 3.16. The van der Waals surface area contributed by atoms with Crippen molar-refractivity contribution in [2.45, 2.75) is 13.3 Å². The van der Waals surface area contributed by atoms with E-state index in [4.69, 9.17) is 4.74 Å². The Hall–Kier alpha value is -4.53. The number of ether oxygens (including phenoxy) is 2. The van der Waals surface area contributed by atoms with Gasteiger partial charge in [0.05, 0.1) is 18.1 Å². The molecular weight excluding hydrogens is 422 g/mol. The summed E-state index contributed by atoms with van der Waals surface area (Å²) < 4.78 is 10.4. The van der Waals surface area contributed by atoms with E-state index < -0.39 is 6.09 Å². The van der Waals surface area contributed by atoms with Gasteiger partial charge in [-0.2, -0.15) is 0 Å². The average Bonchev–Trinajstić information content (AvgIpc) is 3.21. The van der Waals surface area contributed by atoms with Gasteiger partial charge < -0.3 is 25.1 Å². The molecule has 1 aromatic heterocycles. The SMILES string of the molecule is CCc1cccc(NC(=O)Nc2ccc(Oc3ccc4[nH]c(NC(=O)OC)nc4c3)cc2)c1. The minimum Gasteiger partial charge on any atom is -0.457 e. The maximum atomic E-state index is 12.3. The first kappa shape index (κ1) is 21.7. The number of rotatable bonds is 6. The number of nitrogens with zero attached hydrogens (tertiary/aromatic N) is 1. The van der Waals surface area contributed by atoms with E-state index in [0.29, 0.717) is 22.7 Å². The molecule has 33 heavy (non-hydrogen) atoms. The number of methoxy groups -OCH3 is 1. The number of benzene rings is 3. The third-order valence-electron chi connectivity index (χ3n) is 4.80. The highest BCUT2D eigenvalue weighted by Gasteiger charge is 2.09. The molecule has 0 spiro atoms. The van der Waals surface area contributed by atoms with Crippen LogP contribution in [0, 0.1) is 0 Å². The van der Waals surface area contributed by atoms with E-state index in [0.717, 1.165) is 23.2 Å². The molecule has 9 heteroatoms. The Morgan fingerprint density at radius 3 is 2.42 bits per heavy atom. The van der Waals surface area contributed by atoms with Crippen molar-refractivity contribution in [2.75, 3.05) is 23.1 Å². The summed E-state index contributed by atoms with van der Waals surface area (Å²) >= 11 is 0. The number of aryl methyl sites for hydroxylation is 1. The average molecular weight is 445 g/mol. The monoisotopic (exact) mass is 445 g/mol. The highest BCUT2D eigenvalue weighted by atomic mass is 16.5. The van der Waals surface area contributed by atoms with Gasteiger partial charge in [0.15, 0.2) is 0 Å². The number of carbonyl (C=O) groups excluding carboxylic acids is 2. The molecule has 0 saturated heterocycles. The Morgan fingerprint density at radius 2 is 1.67 bits per heavy atom. The first-order valence-electron chi connectivity index (χ1n) is 10.3. The fraction of sp³-hybridized carbons (Fsp3) is 0.125. The standard InChI is InChI=1S/C24H23N5O4/c1-3-15-5-4-6-17(13-15)26-23(30)25-16-7-9-18(10-8-16)33-19-11-12-20-21(14-19)28-22(27-20)29-24(31)32-2/h4-14H,3H2,1-2H3,(H2,25,26,30)(H2,27,28,29,31). The maximum absolute atomic E-state index is 12.3. The molecule has 4 aromatic rings. The smallest absolute Gasteiger partial charge is 0.413 e. The van der Waals surface area contributed by atoms with Gasteiger partial charge in [-0.05, 0) is 60.5 Å². The van der Waals surface area contributed by atoms with Crippen LogP contribution in [0.4, 0.5) is 26.9 Å². The molecule has 0 aliphatic heterocycles. The van der Waals surface area contributed by atoms with Crippen LogP contribution in [0.1, 0.15) is 12.5 Å². The maximum Gasteiger partial charge on any atom is 0.413 e. The molecule has 0 saturated carbocycles. The number of carbonyl (C=O) groups is 2. The van der Waals surface area contributed by atoms with Gasteiger partial charge in [-0.3, -0.25) is 5.32 Å². The summed E-state index contributed by atoms with van der Waals surface area (Å²) in [5, 5.41) is 8.12. The summed E-state index contributed by atoms with van der Waals surface area (Å²) in [5.74, 6) is 1.46. The van der Waals surface area contributed by atoms with E-state index in [2.05, 4.69) is 37.6 Å². The predicted molar refractivity (Wildman–Crippen MR) is 127 cm³/mol. The van der Waals surface area contributed by atoms with Crippen LogP contribution in [-0.4, -0.2) is 29.2 Å². The van der Waals surface area contributed by atoms with Crippen molar-refractivity contribution in [3.8, 4) is 11.5 Å². The van der Waals surface area contributed by atoms with Crippen molar-refractivity contribution in [2.24, 2.45) is 0 Å². The van der Waals surface area contributed by atoms with E-state index >= 15 is 0 Å². The zero-order chi connectivity index (χ0) is 23.2. The second-order valence-electron chi connectivity index (χ2n) is 7.14. The number of nitrogens with one attached hydrogen (secondary N) is 4. The quantitative estimate of drug-likeness (QED) is 0.302. The van der Waals surface area contributed by atoms with E-state index in [-0.39, 0.29) is 12.0 Å². The molecule has 0 fully saturated rings. The summed E-state index contributed by atoms with van der Waals surface area (Å²) in [6.45, 7) is 2.06. The molecule has 0 aliphatic carbocycles. The number of aromatic amines is 1. The Bertz CT molecular complexity index is 1280. The van der Waals surface area contributed by atoms with Gasteiger partial charge in [0.25, 0.3) is 0 Å². The first-order valence-corrected chi connectivity index (χ1v) is 10.3. The van der Waals surface area contributed by atoms with E-state index in [1.165, 1.54) is 7.11 Å². The minimum atomic E-state index is -0.609. The lowest BCUT2D eigenvalue weighted by Gasteiger charge is -2.10. The molecule has 168 valence electrons. The second kappa shape index (κ2) is 9.73. The van der Waals surface area contributed by atoms with Crippen molar-refractivity contribution in [3.05, 3.63) is 72.3 Å². The van der Waals surface area contributed by atoms with Crippen molar-refractivity contribution in [1.29, 1.82) is 0 Å². The lowest BCUT2D eigenvalue weighted by molar-refractivity contribution is 0.186. The largest absolute Gasteiger partial charge is 0.457 e. The highest BCUT2D eigenvalue weighted by molar-refractivity contribution is 5.99. The topological polar surface area (TPSA) is 117 Å². The second-order valence-corrected chi connectivity index (χ2v) is 7.14. The molecular formula is C24H23N5O4. The number of aromatic nitrogens is 2. The van der Waals surface area contributed by atoms with Gasteiger partial charge in [-0.1, -0.05) is 19.1 Å². The molecule has 0 aliphatic rings. The van der Waals surface area contributed by atoms with Gasteiger partial charge in [-0.15, -0.1) is 0 Å². The van der Waals surface area contributed by atoms with Gasteiger partial charge in [0.1, 0.15) is 11.5 Å². The van der Waals surface area contributed by atoms with E-state index in [1.807, 2.05) is 24.3 Å². The van der Waals surface area contributed by atoms with Crippen LogP contribution < -0.4 is 20.7 Å². The molecule has 4 rings (SSSR count). The predicted octanol–water partition coefficient (Wildman–Crippen LogP) is 5.74. The Labute approximate surface area is 190 Å². The molecule has 0 unspecified atom stereocenters. The zero-order valence-electron chi connectivity index (χ0n) is 18.1. The van der Waals surface area contributed by atoms with Crippen molar-refractivity contribution in [1.82, 2.24) is 9.97 Å². The lowest BCUT2D eigenvalue weighted by Crippen LogP contribution is -2.19. The number of anilines is 3. The number of hydrogen-bond acceptors (Lipinski definition) is 5. The molecule has 0 radical (unpaired) electrons. The van der Waals surface area contributed by atoms with Crippen LogP contribution in [0.5, 0.6) is 11.5 Å². The third-order valence-corrected chi connectivity index (χ3v) is 4.80. The van der Waals surface area contributed by atoms with Crippen LogP contribution in [0.3, 0.4) is 0 Å². The van der Waals surface area contributed by atoms with Crippen LogP contribution in [-0.2, 0) is 11.2 Å². The molecule has 4 N–H and O–H groups in total. The number of fused-ring (bicyclic) bond motifs is 1. The zero-order valence-corrected chi connectivity index (χ0v) is 18.1. The Kier molecular flexibility index (Phi) is 6.40. The summed E-state index contributed by atoms with van der Waals surface area (Å²) in [7, 11) is 1.28. The lowest BCUT2D eigenvalue weighted by atomic mass is 10.1. The number of hydrogen-bond donors (Lipinski definition) is 4. The summed E-state index contributed by atoms with van der Waals surface area (Å²) in [6.07, 6.45) is 0.291. The highest BCUT2D eigenvalue weighted by Crippen LogP contribution is 2.26. The summed E-state index contributed by atoms with van der Waals surface area (Å²) in [5.41, 5.74) is 3.89. The van der Waals surface area contributed by atoms with Crippen LogP contribution in [0.2, 0.25) is 0 Å². The van der Waals surface area contributed by atoms with Crippen molar-refractivity contribution in [3.63, 3.8) is 0 Å². The molecule has 0 bridgehead atoms. The van der Waals surface area contributed by atoms with Gasteiger partial charge in [0, 0.05) is 17.4 Å². The molecule has 3 amide bonds. The van der Waals surface area contributed by atoms with Crippen molar-refractivity contribution >= 4 is 40.5 Å². The molecule has 3 aromatic carbocycles. The van der Waals surface area contributed by atoms with Crippen LogP contribution in [0.25, 0.3) is 11.0 Å².